The molecule has 1 saturated heterocycles. The van der Waals surface area contributed by atoms with Gasteiger partial charge in [0.1, 0.15) is 6.10 Å². The van der Waals surface area contributed by atoms with E-state index in [4.69, 9.17) is 9.47 Å². The molecule has 1 atom stereocenters. The number of hydrogen-bond acceptors (Lipinski definition) is 7. The van der Waals surface area contributed by atoms with Crippen LogP contribution >= 0.6 is 22.7 Å². The van der Waals surface area contributed by atoms with E-state index < -0.39 is 4.92 Å². The summed E-state index contributed by atoms with van der Waals surface area (Å²) in [4.78, 5) is 13.2. The fourth-order valence-corrected chi connectivity index (χ4v) is 5.42. The van der Waals surface area contributed by atoms with E-state index in [1.807, 2.05) is 0 Å². The number of likely N-dealkylation sites (tertiary alicyclic amines) is 1. The van der Waals surface area contributed by atoms with Gasteiger partial charge in [0.2, 0.25) is 0 Å². The van der Waals surface area contributed by atoms with Crippen molar-refractivity contribution in [2.45, 2.75) is 32.0 Å². The normalized spacial score (nSPS) is 16.3. The molecule has 0 bridgehead atoms. The van der Waals surface area contributed by atoms with Gasteiger partial charge >= 0.3 is 5.69 Å². The second kappa shape index (κ2) is 11.0. The van der Waals surface area contributed by atoms with Crippen LogP contribution in [-0.4, -0.2) is 42.2 Å². The molecule has 2 aromatic heterocycles. The van der Waals surface area contributed by atoms with E-state index in [1.165, 1.54) is 17.2 Å². The van der Waals surface area contributed by atoms with Crippen LogP contribution in [0.5, 0.6) is 5.75 Å². The van der Waals surface area contributed by atoms with Gasteiger partial charge < -0.3 is 14.4 Å². The Bertz CT molecular complexity index is 936. The number of para-hydroxylation sites is 2. The summed E-state index contributed by atoms with van der Waals surface area (Å²) in [5.74, 6) is 0.612. The van der Waals surface area contributed by atoms with Gasteiger partial charge in [-0.3, -0.25) is 10.1 Å². The van der Waals surface area contributed by atoms with Crippen LogP contribution in [0.3, 0.4) is 0 Å². The molecule has 0 radical (unpaired) electrons. The van der Waals surface area contributed by atoms with Gasteiger partial charge in [0.15, 0.2) is 5.75 Å². The second-order valence-corrected chi connectivity index (χ2v) is 9.83. The molecule has 4 rings (SSSR count). The first-order valence-electron chi connectivity index (χ1n) is 10.9. The molecule has 1 aliphatic rings. The Morgan fingerprint density at radius 3 is 2.34 bits per heavy atom. The molecular weight excluding hydrogens is 444 g/mol. The molecule has 32 heavy (non-hydrogen) atoms. The third-order valence-corrected chi connectivity index (χ3v) is 7.11. The number of rotatable bonds is 10. The van der Waals surface area contributed by atoms with Crippen LogP contribution < -0.4 is 4.74 Å². The van der Waals surface area contributed by atoms with Crippen molar-refractivity contribution in [3.05, 3.63) is 79.2 Å². The van der Waals surface area contributed by atoms with Crippen LogP contribution in [0.25, 0.3) is 0 Å². The Hall–Kier alpha value is -2.26. The lowest BCUT2D eigenvalue weighted by atomic mass is 10.0. The minimum Gasteiger partial charge on any atom is -0.486 e. The topological polar surface area (TPSA) is 64.8 Å². The highest BCUT2D eigenvalue weighted by atomic mass is 32.1. The molecule has 1 aliphatic heterocycles. The Balaban J connectivity index is 1.24. The summed E-state index contributed by atoms with van der Waals surface area (Å²) in [6.07, 6.45) is 2.26. The Kier molecular flexibility index (Phi) is 7.91. The number of ether oxygens (including phenoxy) is 2. The number of hydrogen-bond donors (Lipinski definition) is 0. The molecule has 8 heteroatoms. The minimum atomic E-state index is -0.399. The van der Waals surface area contributed by atoms with Gasteiger partial charge in [-0.1, -0.05) is 19.1 Å². The fourth-order valence-electron chi connectivity index (χ4n) is 4.07. The lowest BCUT2D eigenvalue weighted by Crippen LogP contribution is -2.40. The molecule has 3 aromatic rings. The summed E-state index contributed by atoms with van der Waals surface area (Å²) in [7, 11) is 0. The lowest BCUT2D eigenvalue weighted by Gasteiger charge is -2.35. The molecule has 0 saturated carbocycles. The van der Waals surface area contributed by atoms with Crippen molar-refractivity contribution < 1.29 is 14.4 Å². The maximum atomic E-state index is 11.1. The highest BCUT2D eigenvalue weighted by molar-refractivity contribution is 7.08. The van der Waals surface area contributed by atoms with Crippen LogP contribution in [0.1, 0.15) is 37.0 Å². The zero-order valence-corrected chi connectivity index (χ0v) is 19.7. The van der Waals surface area contributed by atoms with E-state index in [2.05, 4.69) is 45.5 Å². The van der Waals surface area contributed by atoms with E-state index >= 15 is 0 Å². The maximum absolute atomic E-state index is 11.1. The van der Waals surface area contributed by atoms with E-state index in [1.54, 1.807) is 40.9 Å². The van der Waals surface area contributed by atoms with Crippen molar-refractivity contribution in [2.75, 3.05) is 26.2 Å². The first-order valence-corrected chi connectivity index (χ1v) is 12.8. The van der Waals surface area contributed by atoms with Crippen LogP contribution in [0.2, 0.25) is 0 Å². The first kappa shape index (κ1) is 22.9. The van der Waals surface area contributed by atoms with Crippen LogP contribution in [0.15, 0.2) is 57.9 Å². The number of nitro benzene ring substituents is 1. The number of nitro groups is 1. The van der Waals surface area contributed by atoms with Gasteiger partial charge in [-0.2, -0.15) is 22.7 Å². The molecule has 170 valence electrons. The summed E-state index contributed by atoms with van der Waals surface area (Å²) in [5.41, 5.74) is 2.48. The monoisotopic (exact) mass is 472 g/mol. The van der Waals surface area contributed by atoms with Crippen molar-refractivity contribution >= 4 is 28.4 Å². The summed E-state index contributed by atoms with van der Waals surface area (Å²) < 4.78 is 12.3. The Morgan fingerprint density at radius 1 is 1.09 bits per heavy atom. The summed E-state index contributed by atoms with van der Waals surface area (Å²) in [5, 5.41) is 19.7. The summed E-state index contributed by atoms with van der Waals surface area (Å²) in [6, 6.07) is 10.9. The predicted octanol–water partition coefficient (Wildman–Crippen LogP) is 6.00. The predicted molar refractivity (Wildman–Crippen MR) is 129 cm³/mol. The van der Waals surface area contributed by atoms with Crippen LogP contribution in [-0.2, 0) is 4.74 Å². The van der Waals surface area contributed by atoms with Gasteiger partial charge in [0, 0.05) is 31.6 Å². The standard InChI is InChI=1S/C24H28N2O4S2/c1-18(15-29-23-5-3-2-4-22(23)26(27)28)14-25-10-6-21(7-11-25)30-24(19-8-12-31-16-19)20-9-13-32-17-20/h2-5,8-9,12-13,16-18,21,24H,6-7,10-11,14-15H2,1H3. The quantitative estimate of drug-likeness (QED) is 0.267. The maximum Gasteiger partial charge on any atom is 0.310 e. The molecule has 6 nitrogen and oxygen atoms in total. The SMILES string of the molecule is CC(COc1ccccc1[N+](=O)[O-])CN1CCC(OC(c2ccsc2)c2ccsc2)CC1. The highest BCUT2D eigenvalue weighted by Crippen LogP contribution is 2.32. The molecule has 1 aromatic carbocycles. The number of piperidine rings is 1. The average molecular weight is 473 g/mol. The van der Waals surface area contributed by atoms with E-state index in [0.717, 1.165) is 32.5 Å². The molecule has 1 unspecified atom stereocenters. The first-order chi connectivity index (χ1) is 15.6. The highest BCUT2D eigenvalue weighted by Gasteiger charge is 2.26. The van der Waals surface area contributed by atoms with Crippen molar-refractivity contribution in [1.82, 2.24) is 4.90 Å². The van der Waals surface area contributed by atoms with Crippen molar-refractivity contribution in [3.63, 3.8) is 0 Å². The Labute approximate surface area is 196 Å². The Morgan fingerprint density at radius 2 is 1.75 bits per heavy atom. The van der Waals surface area contributed by atoms with Crippen LogP contribution in [0.4, 0.5) is 5.69 Å². The zero-order chi connectivity index (χ0) is 22.3. The van der Waals surface area contributed by atoms with Gasteiger partial charge in [0.05, 0.1) is 17.6 Å². The third-order valence-electron chi connectivity index (χ3n) is 5.71. The smallest absolute Gasteiger partial charge is 0.310 e. The van der Waals surface area contributed by atoms with E-state index in [0.29, 0.717) is 12.4 Å². The van der Waals surface area contributed by atoms with Gasteiger partial charge in [-0.25, -0.2) is 0 Å². The number of nitrogens with zero attached hydrogens (tertiary/aromatic N) is 2. The summed E-state index contributed by atoms with van der Waals surface area (Å²) >= 11 is 3.41. The number of thiophene rings is 2. The molecule has 0 N–H and O–H groups in total. The molecule has 0 spiro atoms. The van der Waals surface area contributed by atoms with Crippen molar-refractivity contribution in [2.24, 2.45) is 5.92 Å². The molecule has 0 aliphatic carbocycles. The minimum absolute atomic E-state index is 0.0121. The van der Waals surface area contributed by atoms with Gasteiger partial charge in [-0.05, 0) is 63.7 Å². The largest absolute Gasteiger partial charge is 0.486 e. The molecule has 0 amide bonds. The van der Waals surface area contributed by atoms with E-state index in [-0.39, 0.29) is 23.8 Å². The fraction of sp³-hybridized carbons (Fsp3) is 0.417. The summed E-state index contributed by atoms with van der Waals surface area (Å²) in [6.45, 7) is 5.47. The third kappa shape index (κ3) is 5.95. The molecular formula is C24H28N2O4S2. The molecule has 1 fully saturated rings. The second-order valence-electron chi connectivity index (χ2n) is 8.27. The van der Waals surface area contributed by atoms with E-state index in [9.17, 15) is 10.1 Å². The average Bonchev–Trinajstić information content (AvgIpc) is 3.52. The number of benzene rings is 1. The van der Waals surface area contributed by atoms with Crippen LogP contribution in [0, 0.1) is 16.0 Å². The van der Waals surface area contributed by atoms with Gasteiger partial charge in [0.25, 0.3) is 0 Å². The lowest BCUT2D eigenvalue weighted by molar-refractivity contribution is -0.385. The van der Waals surface area contributed by atoms with Gasteiger partial charge in [-0.15, -0.1) is 0 Å². The van der Waals surface area contributed by atoms with Crippen molar-refractivity contribution in [3.8, 4) is 5.75 Å². The van der Waals surface area contributed by atoms with Crippen molar-refractivity contribution in [1.29, 1.82) is 0 Å². The molecule has 3 heterocycles. The zero-order valence-electron chi connectivity index (χ0n) is 18.1.